The third-order valence-electron chi connectivity index (χ3n) is 3.23. The molecule has 118 valence electrons. The molecule has 1 aromatic carbocycles. The highest BCUT2D eigenvalue weighted by atomic mass is 16.5. The minimum absolute atomic E-state index is 0.198. The molecular weight excluding hydrogens is 266 g/mol. The Morgan fingerprint density at radius 1 is 1.19 bits per heavy atom. The molecule has 21 heavy (non-hydrogen) atoms. The van der Waals surface area contributed by atoms with Crippen LogP contribution < -0.4 is 15.4 Å². The first kappa shape index (κ1) is 17.3. The van der Waals surface area contributed by atoms with E-state index in [1.165, 1.54) is 0 Å². The van der Waals surface area contributed by atoms with Crippen molar-refractivity contribution in [2.24, 2.45) is 0 Å². The summed E-state index contributed by atoms with van der Waals surface area (Å²) >= 11 is 0. The Labute approximate surface area is 127 Å². The highest BCUT2D eigenvalue weighted by Crippen LogP contribution is 2.23. The summed E-state index contributed by atoms with van der Waals surface area (Å²) in [7, 11) is 0. The number of urea groups is 1. The van der Waals surface area contributed by atoms with E-state index in [1.54, 1.807) is 0 Å². The summed E-state index contributed by atoms with van der Waals surface area (Å²) < 4.78 is 5.79. The van der Waals surface area contributed by atoms with Crippen LogP contribution >= 0.6 is 0 Å². The second-order valence-electron chi connectivity index (χ2n) is 4.75. The van der Waals surface area contributed by atoms with E-state index in [4.69, 9.17) is 4.74 Å². The number of ether oxygens (including phenoxy) is 1. The Morgan fingerprint density at radius 3 is 2.57 bits per heavy atom. The molecule has 2 N–H and O–H groups in total. The average molecular weight is 293 g/mol. The van der Waals surface area contributed by atoms with Crippen LogP contribution in [0, 0.1) is 0 Å². The first-order valence-corrected chi connectivity index (χ1v) is 7.70. The molecule has 0 unspecified atom stereocenters. The number of likely N-dealkylation sites (N-methyl/N-ethyl adjacent to an activating group) is 1. The van der Waals surface area contributed by atoms with Gasteiger partial charge >= 0.3 is 6.03 Å². The van der Waals surface area contributed by atoms with E-state index >= 15 is 0 Å². The molecule has 0 heterocycles. The largest absolute Gasteiger partial charge is 0.490 e. The van der Waals surface area contributed by atoms with Gasteiger partial charge < -0.3 is 20.3 Å². The summed E-state index contributed by atoms with van der Waals surface area (Å²) in [6, 6.07) is 7.31. The standard InChI is InChI=1S/C16H27N3O2/c1-4-11-17-16(20)18-14-9-7-8-10-15(14)21-13-12-19(5-2)6-3/h7-10H,4-6,11-13H2,1-3H3,(H2,17,18,20). The van der Waals surface area contributed by atoms with Crippen LogP contribution in [0.1, 0.15) is 27.2 Å². The number of amides is 2. The van der Waals surface area contributed by atoms with Crippen LogP contribution in [-0.2, 0) is 0 Å². The summed E-state index contributed by atoms with van der Waals surface area (Å²) in [6.07, 6.45) is 0.912. The Hall–Kier alpha value is -1.75. The van der Waals surface area contributed by atoms with Crippen molar-refractivity contribution in [2.75, 3.05) is 38.1 Å². The van der Waals surface area contributed by atoms with E-state index < -0.39 is 0 Å². The average Bonchev–Trinajstić information content (AvgIpc) is 2.51. The van der Waals surface area contributed by atoms with Crippen LogP contribution in [0.3, 0.4) is 0 Å². The van der Waals surface area contributed by atoms with Gasteiger partial charge in [0.1, 0.15) is 12.4 Å². The molecule has 0 saturated carbocycles. The van der Waals surface area contributed by atoms with Gasteiger partial charge in [0.05, 0.1) is 5.69 Å². The molecule has 0 aliphatic heterocycles. The van der Waals surface area contributed by atoms with Crippen LogP contribution in [0.5, 0.6) is 5.75 Å². The highest BCUT2D eigenvalue weighted by Gasteiger charge is 2.07. The van der Waals surface area contributed by atoms with Crippen molar-refractivity contribution in [1.29, 1.82) is 0 Å². The van der Waals surface area contributed by atoms with Crippen LogP contribution in [0.25, 0.3) is 0 Å². The molecule has 1 rings (SSSR count). The van der Waals surface area contributed by atoms with Crippen molar-refractivity contribution in [3.8, 4) is 5.75 Å². The topological polar surface area (TPSA) is 53.6 Å². The lowest BCUT2D eigenvalue weighted by atomic mass is 10.3. The smallest absolute Gasteiger partial charge is 0.319 e. The van der Waals surface area contributed by atoms with E-state index in [1.807, 2.05) is 31.2 Å². The quantitative estimate of drug-likeness (QED) is 0.736. The number of anilines is 1. The third kappa shape index (κ3) is 6.49. The molecule has 0 fully saturated rings. The molecule has 2 amide bonds. The minimum atomic E-state index is -0.198. The fraction of sp³-hybridized carbons (Fsp3) is 0.562. The first-order valence-electron chi connectivity index (χ1n) is 7.70. The molecular formula is C16H27N3O2. The number of nitrogens with zero attached hydrogens (tertiary/aromatic N) is 1. The molecule has 5 heteroatoms. The number of benzene rings is 1. The zero-order valence-electron chi connectivity index (χ0n) is 13.3. The summed E-state index contributed by atoms with van der Waals surface area (Å²) in [6.45, 7) is 10.5. The van der Waals surface area contributed by atoms with Crippen LogP contribution in [0.4, 0.5) is 10.5 Å². The summed E-state index contributed by atoms with van der Waals surface area (Å²) in [5.74, 6) is 0.705. The Bertz CT molecular complexity index is 420. The normalized spacial score (nSPS) is 10.5. The van der Waals surface area contributed by atoms with Crippen LogP contribution in [0.15, 0.2) is 24.3 Å². The van der Waals surface area contributed by atoms with Gasteiger partial charge in [0.15, 0.2) is 0 Å². The molecule has 0 aliphatic carbocycles. The van der Waals surface area contributed by atoms with Gasteiger partial charge in [-0.15, -0.1) is 0 Å². The first-order chi connectivity index (χ1) is 10.2. The van der Waals surface area contributed by atoms with Gasteiger partial charge in [0.25, 0.3) is 0 Å². The maximum atomic E-state index is 11.7. The number of carbonyl (C=O) groups is 1. The lowest BCUT2D eigenvalue weighted by Gasteiger charge is -2.19. The molecule has 5 nitrogen and oxygen atoms in total. The van der Waals surface area contributed by atoms with Crippen molar-refractivity contribution in [3.05, 3.63) is 24.3 Å². The van der Waals surface area contributed by atoms with Crippen molar-refractivity contribution in [3.63, 3.8) is 0 Å². The number of rotatable bonds is 9. The van der Waals surface area contributed by atoms with Crippen LogP contribution in [0.2, 0.25) is 0 Å². The SMILES string of the molecule is CCCNC(=O)Nc1ccccc1OCCN(CC)CC. The zero-order chi connectivity index (χ0) is 15.5. The predicted molar refractivity (Wildman–Crippen MR) is 87.0 cm³/mol. The molecule has 0 radical (unpaired) electrons. The Morgan fingerprint density at radius 2 is 1.90 bits per heavy atom. The summed E-state index contributed by atoms with van der Waals surface area (Å²) in [5, 5.41) is 5.61. The van der Waals surface area contributed by atoms with Gasteiger partial charge in [-0.2, -0.15) is 0 Å². The lowest BCUT2D eigenvalue weighted by molar-refractivity contribution is 0.223. The van der Waals surface area contributed by atoms with Crippen molar-refractivity contribution in [1.82, 2.24) is 10.2 Å². The maximum Gasteiger partial charge on any atom is 0.319 e. The molecule has 0 aromatic heterocycles. The fourth-order valence-corrected chi connectivity index (χ4v) is 1.93. The predicted octanol–water partition coefficient (Wildman–Crippen LogP) is 2.94. The van der Waals surface area contributed by atoms with Crippen molar-refractivity contribution < 1.29 is 9.53 Å². The third-order valence-corrected chi connectivity index (χ3v) is 3.23. The molecule has 0 saturated heterocycles. The number of hydrogen-bond acceptors (Lipinski definition) is 3. The number of nitrogens with one attached hydrogen (secondary N) is 2. The Balaban J connectivity index is 2.52. The monoisotopic (exact) mass is 293 g/mol. The van der Waals surface area contributed by atoms with E-state index in [0.29, 0.717) is 24.6 Å². The van der Waals surface area contributed by atoms with Gasteiger partial charge in [-0.25, -0.2) is 4.79 Å². The van der Waals surface area contributed by atoms with Gasteiger partial charge in [-0.05, 0) is 31.6 Å². The van der Waals surface area contributed by atoms with E-state index in [0.717, 1.165) is 26.1 Å². The maximum absolute atomic E-state index is 11.7. The molecule has 0 atom stereocenters. The van der Waals surface area contributed by atoms with Gasteiger partial charge in [-0.3, -0.25) is 0 Å². The van der Waals surface area contributed by atoms with Crippen LogP contribution in [-0.4, -0.2) is 43.7 Å². The highest BCUT2D eigenvalue weighted by molar-refractivity contribution is 5.90. The second-order valence-corrected chi connectivity index (χ2v) is 4.75. The number of carbonyl (C=O) groups excluding carboxylic acids is 1. The van der Waals surface area contributed by atoms with Crippen molar-refractivity contribution in [2.45, 2.75) is 27.2 Å². The molecule has 0 aliphatic rings. The number of para-hydroxylation sites is 2. The van der Waals surface area contributed by atoms with E-state index in [9.17, 15) is 4.79 Å². The number of hydrogen-bond donors (Lipinski definition) is 2. The van der Waals surface area contributed by atoms with E-state index in [2.05, 4.69) is 29.4 Å². The molecule has 0 spiro atoms. The second kappa shape index (κ2) is 10.0. The van der Waals surface area contributed by atoms with Gasteiger partial charge in [-0.1, -0.05) is 32.9 Å². The zero-order valence-corrected chi connectivity index (χ0v) is 13.3. The van der Waals surface area contributed by atoms with Crippen molar-refractivity contribution >= 4 is 11.7 Å². The summed E-state index contributed by atoms with van der Waals surface area (Å²) in [5.41, 5.74) is 0.700. The molecule has 0 bridgehead atoms. The van der Waals surface area contributed by atoms with Gasteiger partial charge in [0.2, 0.25) is 0 Å². The fourth-order valence-electron chi connectivity index (χ4n) is 1.93. The lowest BCUT2D eigenvalue weighted by Crippen LogP contribution is -2.30. The van der Waals surface area contributed by atoms with Gasteiger partial charge in [0, 0.05) is 13.1 Å². The molecule has 1 aromatic rings. The summed E-state index contributed by atoms with van der Waals surface area (Å²) in [4.78, 5) is 14.0. The Kier molecular flexibility index (Phi) is 8.28. The van der Waals surface area contributed by atoms with E-state index in [-0.39, 0.29) is 6.03 Å². The minimum Gasteiger partial charge on any atom is -0.490 e.